The lowest BCUT2D eigenvalue weighted by molar-refractivity contribution is 0.0851. The Morgan fingerprint density at radius 3 is 2.84 bits per heavy atom. The van der Waals surface area contributed by atoms with Crippen molar-refractivity contribution >= 4 is 27.9 Å². The number of aliphatic hydroxyl groups excluding tert-OH is 1. The molecule has 11 nitrogen and oxygen atoms in total. The number of hydrogen-bond donors (Lipinski definition) is 4. The molecular formula is C26H23FN10O. The van der Waals surface area contributed by atoms with Crippen LogP contribution in [0.1, 0.15) is 25.0 Å². The molecular weight excluding hydrogens is 487 g/mol. The number of nitrogens with zero attached hydrogens (tertiary/aromatic N) is 7. The number of aromatic amines is 2. The Bertz CT molecular complexity index is 1800. The normalized spacial score (nSPS) is 14.7. The van der Waals surface area contributed by atoms with Gasteiger partial charge in [0.05, 0.1) is 35.0 Å². The van der Waals surface area contributed by atoms with Crippen LogP contribution in [0.15, 0.2) is 49.4 Å². The van der Waals surface area contributed by atoms with Crippen molar-refractivity contribution in [3.63, 3.8) is 0 Å². The zero-order chi connectivity index (χ0) is 25.8. The van der Waals surface area contributed by atoms with E-state index in [1.165, 1.54) is 6.20 Å². The molecule has 190 valence electrons. The van der Waals surface area contributed by atoms with Crippen molar-refractivity contribution < 1.29 is 9.50 Å². The molecule has 0 radical (unpaired) electrons. The lowest BCUT2D eigenvalue weighted by Gasteiger charge is -2.31. The number of nitrogens with one attached hydrogen (secondary N) is 3. The van der Waals surface area contributed by atoms with Crippen molar-refractivity contribution in [2.24, 2.45) is 5.92 Å². The zero-order valence-corrected chi connectivity index (χ0v) is 20.4. The number of hydrogen-bond acceptors (Lipinski definition) is 8. The van der Waals surface area contributed by atoms with Gasteiger partial charge in [-0.25, -0.2) is 24.3 Å². The predicted molar refractivity (Wildman–Crippen MR) is 139 cm³/mol. The summed E-state index contributed by atoms with van der Waals surface area (Å²) in [5.41, 5.74) is 4.79. The third-order valence-corrected chi connectivity index (χ3v) is 7.06. The fourth-order valence-electron chi connectivity index (χ4n) is 4.81. The SMILES string of the molecule is Cc1cn(-c2ccnc3[nH]c(-c4n[nH]c5ncc(-c6cncc(NC(O)C7CCC7)c6)c(F)c45)nc23)cn1. The molecule has 6 heterocycles. The highest BCUT2D eigenvalue weighted by Crippen LogP contribution is 2.34. The maximum absolute atomic E-state index is 16.1. The quantitative estimate of drug-likeness (QED) is 0.245. The average Bonchev–Trinajstić information content (AvgIpc) is 3.61. The van der Waals surface area contributed by atoms with Crippen LogP contribution in [-0.2, 0) is 0 Å². The summed E-state index contributed by atoms with van der Waals surface area (Å²) in [5.74, 6) is 0.0766. The maximum Gasteiger partial charge on any atom is 0.161 e. The van der Waals surface area contributed by atoms with Crippen molar-refractivity contribution in [1.29, 1.82) is 0 Å². The van der Waals surface area contributed by atoms with Gasteiger partial charge in [-0.2, -0.15) is 5.10 Å². The third-order valence-electron chi connectivity index (χ3n) is 7.06. The molecule has 1 unspecified atom stereocenters. The van der Waals surface area contributed by atoms with E-state index in [1.54, 1.807) is 31.0 Å². The molecule has 6 aromatic heterocycles. The highest BCUT2D eigenvalue weighted by molar-refractivity contribution is 5.94. The number of H-pyrrole nitrogens is 2. The summed E-state index contributed by atoms with van der Waals surface area (Å²) < 4.78 is 17.9. The molecule has 0 aliphatic heterocycles. The van der Waals surface area contributed by atoms with E-state index >= 15 is 4.39 Å². The first-order valence-corrected chi connectivity index (χ1v) is 12.3. The van der Waals surface area contributed by atoms with Crippen LogP contribution in [0.5, 0.6) is 0 Å². The first kappa shape index (κ1) is 22.5. The van der Waals surface area contributed by atoms with E-state index in [0.29, 0.717) is 39.6 Å². The molecule has 0 aromatic carbocycles. The number of imidazole rings is 2. The minimum Gasteiger partial charge on any atom is -0.374 e. The van der Waals surface area contributed by atoms with Gasteiger partial charge in [-0.05, 0) is 31.9 Å². The topological polar surface area (TPSA) is 146 Å². The van der Waals surface area contributed by atoms with Gasteiger partial charge in [0.1, 0.15) is 23.3 Å². The minimum atomic E-state index is -0.662. The summed E-state index contributed by atoms with van der Waals surface area (Å²) >= 11 is 0. The van der Waals surface area contributed by atoms with Crippen molar-refractivity contribution in [2.75, 3.05) is 5.32 Å². The Labute approximate surface area is 215 Å². The average molecular weight is 511 g/mol. The minimum absolute atomic E-state index is 0.203. The van der Waals surface area contributed by atoms with Gasteiger partial charge in [-0.3, -0.25) is 10.1 Å². The fraction of sp³-hybridized carbons (Fsp3) is 0.231. The smallest absolute Gasteiger partial charge is 0.161 e. The molecule has 7 rings (SSSR count). The number of anilines is 1. The number of rotatable bonds is 6. The summed E-state index contributed by atoms with van der Waals surface area (Å²) in [4.78, 5) is 25.2. The fourth-order valence-corrected chi connectivity index (χ4v) is 4.81. The van der Waals surface area contributed by atoms with Gasteiger partial charge in [-0.1, -0.05) is 6.42 Å². The second kappa shape index (κ2) is 8.70. The van der Waals surface area contributed by atoms with E-state index < -0.39 is 12.0 Å². The molecule has 1 aliphatic rings. The van der Waals surface area contributed by atoms with Gasteiger partial charge >= 0.3 is 0 Å². The van der Waals surface area contributed by atoms with Crippen LogP contribution in [0, 0.1) is 18.7 Å². The van der Waals surface area contributed by atoms with E-state index in [2.05, 4.69) is 40.4 Å². The number of fused-ring (bicyclic) bond motifs is 2. The number of halogens is 1. The molecule has 1 fully saturated rings. The Morgan fingerprint density at radius 2 is 2.05 bits per heavy atom. The van der Waals surface area contributed by atoms with Gasteiger partial charge in [-0.15, -0.1) is 0 Å². The summed E-state index contributed by atoms with van der Waals surface area (Å²) in [6, 6.07) is 3.60. The van der Waals surface area contributed by atoms with E-state index in [0.717, 1.165) is 30.6 Å². The lowest BCUT2D eigenvalue weighted by atomic mass is 9.84. The monoisotopic (exact) mass is 510 g/mol. The second-order valence-corrected chi connectivity index (χ2v) is 9.56. The number of aromatic nitrogens is 9. The highest BCUT2D eigenvalue weighted by atomic mass is 19.1. The van der Waals surface area contributed by atoms with Crippen LogP contribution < -0.4 is 5.32 Å². The van der Waals surface area contributed by atoms with E-state index in [1.807, 2.05) is 23.8 Å². The van der Waals surface area contributed by atoms with Gasteiger partial charge in [0.2, 0.25) is 0 Å². The summed E-state index contributed by atoms with van der Waals surface area (Å²) in [5, 5.41) is 20.8. The standard InChI is InChI=1S/C26H23FN10O/c1-13-11-37(12-31-13)18-5-6-29-24-21(18)33-25(34-24)22-19-20(27)17(10-30-23(19)36-35-22)15-7-16(9-28-8-15)32-26(38)14-3-2-4-14/h5-12,14,26,32,38H,2-4H2,1H3,(H,29,33,34)(H,30,35,36). The van der Waals surface area contributed by atoms with E-state index in [4.69, 9.17) is 4.98 Å². The Hall–Kier alpha value is -4.71. The number of aliphatic hydroxyl groups is 1. The highest BCUT2D eigenvalue weighted by Gasteiger charge is 2.26. The molecule has 0 amide bonds. The number of pyridine rings is 3. The largest absolute Gasteiger partial charge is 0.374 e. The van der Waals surface area contributed by atoms with Crippen LogP contribution in [0.4, 0.5) is 10.1 Å². The molecule has 6 aromatic rings. The van der Waals surface area contributed by atoms with E-state index in [9.17, 15) is 5.11 Å². The Morgan fingerprint density at radius 1 is 1.16 bits per heavy atom. The molecule has 38 heavy (non-hydrogen) atoms. The van der Waals surface area contributed by atoms with Gasteiger partial charge in [0.15, 0.2) is 17.1 Å². The van der Waals surface area contributed by atoms with Crippen molar-refractivity contribution in [1.82, 2.24) is 44.7 Å². The van der Waals surface area contributed by atoms with Gasteiger partial charge in [0.25, 0.3) is 0 Å². The first-order chi connectivity index (χ1) is 18.5. The predicted octanol–water partition coefficient (Wildman–Crippen LogP) is 4.12. The molecule has 4 N–H and O–H groups in total. The Balaban J connectivity index is 1.29. The van der Waals surface area contributed by atoms with Gasteiger partial charge in [0, 0.05) is 41.8 Å². The molecule has 12 heteroatoms. The van der Waals surface area contributed by atoms with Crippen LogP contribution in [0.2, 0.25) is 0 Å². The van der Waals surface area contributed by atoms with Crippen LogP contribution in [-0.4, -0.2) is 56.0 Å². The van der Waals surface area contributed by atoms with Gasteiger partial charge < -0.3 is 20.0 Å². The molecule has 0 spiro atoms. The van der Waals surface area contributed by atoms with E-state index in [-0.39, 0.29) is 16.9 Å². The summed E-state index contributed by atoms with van der Waals surface area (Å²) in [7, 11) is 0. The molecule has 1 aliphatic carbocycles. The number of aryl methyl sites for hydroxylation is 1. The Kier molecular flexibility index (Phi) is 5.15. The second-order valence-electron chi connectivity index (χ2n) is 9.56. The molecule has 0 bridgehead atoms. The lowest BCUT2D eigenvalue weighted by Crippen LogP contribution is -2.33. The van der Waals surface area contributed by atoms with Crippen LogP contribution >= 0.6 is 0 Å². The summed E-state index contributed by atoms with van der Waals surface area (Å²) in [6.45, 7) is 1.91. The molecule has 1 atom stereocenters. The van der Waals surface area contributed by atoms with Crippen molar-refractivity contribution in [3.05, 3.63) is 61.0 Å². The summed E-state index contributed by atoms with van der Waals surface area (Å²) in [6.07, 6.45) is 12.3. The van der Waals surface area contributed by atoms with Crippen LogP contribution in [0.3, 0.4) is 0 Å². The van der Waals surface area contributed by atoms with Crippen LogP contribution in [0.25, 0.3) is 50.5 Å². The third kappa shape index (κ3) is 3.68. The molecule has 0 saturated heterocycles. The maximum atomic E-state index is 16.1. The zero-order valence-electron chi connectivity index (χ0n) is 20.4. The van der Waals surface area contributed by atoms with Crippen molar-refractivity contribution in [2.45, 2.75) is 32.4 Å². The molecule has 1 saturated carbocycles. The first-order valence-electron chi connectivity index (χ1n) is 12.3. The van der Waals surface area contributed by atoms with Crippen molar-refractivity contribution in [3.8, 4) is 28.3 Å².